The molecule has 1 unspecified atom stereocenters. The Morgan fingerprint density at radius 3 is 2.94 bits per heavy atom. The number of nitrogens with one attached hydrogen (secondary N) is 2. The molecule has 0 aliphatic carbocycles. The molecule has 1 amide bonds. The smallest absolute Gasteiger partial charge is 0.263 e. The topological polar surface area (TPSA) is 89.3 Å². The Morgan fingerprint density at radius 2 is 2.13 bits per heavy atom. The summed E-state index contributed by atoms with van der Waals surface area (Å²) in [5.74, 6) is 0.490. The van der Waals surface area contributed by atoms with Gasteiger partial charge in [-0.3, -0.25) is 4.79 Å². The number of nitrogens with zero attached hydrogens (tertiary/aromatic N) is 1. The van der Waals surface area contributed by atoms with Crippen LogP contribution in [0.1, 0.15) is 39.3 Å². The molecule has 1 fully saturated rings. The molecule has 8 heteroatoms. The maximum atomic E-state index is 15.3. The maximum Gasteiger partial charge on any atom is 0.263 e. The van der Waals surface area contributed by atoms with Gasteiger partial charge < -0.3 is 21.1 Å². The lowest BCUT2D eigenvalue weighted by Gasteiger charge is -2.32. The van der Waals surface area contributed by atoms with Crippen molar-refractivity contribution < 1.29 is 13.9 Å². The number of benzene rings is 1. The predicted molar refractivity (Wildman–Crippen MR) is 121 cm³/mol. The number of halogens is 1. The van der Waals surface area contributed by atoms with Gasteiger partial charge in [0.1, 0.15) is 27.7 Å². The van der Waals surface area contributed by atoms with Crippen molar-refractivity contribution in [1.82, 2.24) is 15.6 Å². The van der Waals surface area contributed by atoms with Crippen molar-refractivity contribution in [1.29, 1.82) is 0 Å². The number of alkyl halides is 1. The van der Waals surface area contributed by atoms with Gasteiger partial charge in [0.15, 0.2) is 0 Å². The van der Waals surface area contributed by atoms with Gasteiger partial charge in [-0.25, -0.2) is 9.37 Å². The third-order valence-corrected chi connectivity index (χ3v) is 7.28. The number of aryl methyl sites for hydroxylation is 1. The van der Waals surface area contributed by atoms with Crippen LogP contribution >= 0.6 is 11.3 Å². The van der Waals surface area contributed by atoms with Crippen molar-refractivity contribution in [2.75, 3.05) is 25.4 Å². The van der Waals surface area contributed by atoms with E-state index in [4.69, 9.17) is 10.5 Å². The van der Waals surface area contributed by atoms with E-state index in [2.05, 4.69) is 15.6 Å². The van der Waals surface area contributed by atoms with Crippen LogP contribution in [0.15, 0.2) is 30.3 Å². The van der Waals surface area contributed by atoms with Gasteiger partial charge in [0.05, 0.1) is 11.7 Å². The number of ether oxygens (including phenoxy) is 1. The van der Waals surface area contributed by atoms with Crippen molar-refractivity contribution in [3.8, 4) is 5.75 Å². The van der Waals surface area contributed by atoms with Gasteiger partial charge in [-0.05, 0) is 68.6 Å². The largest absolute Gasteiger partial charge is 0.491 e. The lowest BCUT2D eigenvalue weighted by atomic mass is 9.85. The van der Waals surface area contributed by atoms with Gasteiger partial charge in [-0.15, -0.1) is 11.3 Å². The molecule has 1 atom stereocenters. The first-order valence-electron chi connectivity index (χ1n) is 10.6. The van der Waals surface area contributed by atoms with Crippen LogP contribution in [0.5, 0.6) is 5.75 Å². The summed E-state index contributed by atoms with van der Waals surface area (Å²) in [4.78, 5) is 18.6. The van der Waals surface area contributed by atoms with Crippen LogP contribution in [0.25, 0.3) is 10.2 Å². The van der Waals surface area contributed by atoms with Crippen molar-refractivity contribution in [3.63, 3.8) is 0 Å². The average molecular weight is 441 g/mol. The number of amides is 1. The lowest BCUT2D eigenvalue weighted by Crippen LogP contribution is -2.42. The zero-order valence-corrected chi connectivity index (χ0v) is 18.2. The van der Waals surface area contributed by atoms with E-state index in [-0.39, 0.29) is 11.9 Å². The third-order valence-electron chi connectivity index (χ3n) is 6.16. The minimum Gasteiger partial charge on any atom is -0.491 e. The molecular formula is C23H25FN4O2S. The first kappa shape index (κ1) is 20.2. The number of carbonyl (C=O) groups is 1. The number of thiophene rings is 1. The van der Waals surface area contributed by atoms with Crippen molar-refractivity contribution >= 4 is 33.1 Å². The number of fused-ring (bicyclic) bond motifs is 2. The Bertz CT molecular complexity index is 1160. The molecule has 1 saturated heterocycles. The summed E-state index contributed by atoms with van der Waals surface area (Å²) in [7, 11) is 0. The number of anilines is 1. The Kier molecular flexibility index (Phi) is 5.06. The number of hydrogen-bond acceptors (Lipinski definition) is 6. The quantitative estimate of drug-likeness (QED) is 0.580. The fraction of sp³-hybridized carbons (Fsp3) is 0.391. The van der Waals surface area contributed by atoms with Gasteiger partial charge in [-0.2, -0.15) is 0 Å². The van der Waals surface area contributed by atoms with E-state index in [1.807, 2.05) is 37.3 Å². The number of aromatic nitrogens is 1. The fourth-order valence-corrected chi connectivity index (χ4v) is 5.41. The summed E-state index contributed by atoms with van der Waals surface area (Å²) in [6, 6.07) is 9.22. The second-order valence-electron chi connectivity index (χ2n) is 8.37. The first-order chi connectivity index (χ1) is 14.9. The molecule has 0 spiro atoms. The first-order valence-corrected chi connectivity index (χ1v) is 11.4. The normalized spacial score (nSPS) is 20.1. The van der Waals surface area contributed by atoms with Crippen LogP contribution in [0, 0.1) is 6.92 Å². The zero-order chi connectivity index (χ0) is 21.6. The van der Waals surface area contributed by atoms with Crippen LogP contribution in [-0.4, -0.2) is 36.6 Å². The highest BCUT2D eigenvalue weighted by Crippen LogP contribution is 2.38. The Hall–Kier alpha value is -2.71. The molecule has 4 heterocycles. The second kappa shape index (κ2) is 7.76. The minimum absolute atomic E-state index is 0.177. The summed E-state index contributed by atoms with van der Waals surface area (Å²) >= 11 is 1.30. The molecule has 162 valence electrons. The van der Waals surface area contributed by atoms with Crippen molar-refractivity contribution in [2.45, 2.75) is 37.9 Å². The molecular weight excluding hydrogens is 415 g/mol. The minimum atomic E-state index is -1.31. The lowest BCUT2D eigenvalue weighted by molar-refractivity contribution is 0.0920. The van der Waals surface area contributed by atoms with Crippen LogP contribution in [0.3, 0.4) is 0 Å². The number of hydrogen-bond donors (Lipinski definition) is 3. The SMILES string of the molecule is Cc1ccc2c(N)c(C(=O)NC3COc4cc(C5(F)CCNCC5)ccc4C3)sc2n1. The predicted octanol–water partition coefficient (Wildman–Crippen LogP) is 3.47. The molecule has 0 saturated carbocycles. The molecule has 2 aromatic heterocycles. The second-order valence-corrected chi connectivity index (χ2v) is 9.37. The number of carbonyl (C=O) groups excluding carboxylic acids is 1. The van der Waals surface area contributed by atoms with E-state index in [1.54, 1.807) is 0 Å². The maximum absolute atomic E-state index is 15.3. The fourth-order valence-electron chi connectivity index (χ4n) is 4.36. The van der Waals surface area contributed by atoms with Gasteiger partial charge in [-0.1, -0.05) is 12.1 Å². The highest BCUT2D eigenvalue weighted by atomic mass is 32.1. The Morgan fingerprint density at radius 1 is 1.32 bits per heavy atom. The number of pyridine rings is 1. The summed E-state index contributed by atoms with van der Waals surface area (Å²) in [5.41, 5.74) is 7.90. The summed E-state index contributed by atoms with van der Waals surface area (Å²) in [5, 5.41) is 7.04. The molecule has 31 heavy (non-hydrogen) atoms. The molecule has 6 nitrogen and oxygen atoms in total. The molecule has 0 radical (unpaired) electrons. The summed E-state index contributed by atoms with van der Waals surface area (Å²) < 4.78 is 21.2. The van der Waals surface area contributed by atoms with Crippen LogP contribution in [-0.2, 0) is 12.1 Å². The van der Waals surface area contributed by atoms with Crippen molar-refractivity contribution in [2.24, 2.45) is 0 Å². The molecule has 2 aliphatic rings. The van der Waals surface area contributed by atoms with E-state index in [0.717, 1.165) is 21.5 Å². The summed E-state index contributed by atoms with van der Waals surface area (Å²) in [6.45, 7) is 3.61. The highest BCUT2D eigenvalue weighted by molar-refractivity contribution is 7.21. The third kappa shape index (κ3) is 3.74. The van der Waals surface area contributed by atoms with Gasteiger partial charge in [0.25, 0.3) is 5.91 Å². The number of nitrogens with two attached hydrogens (primary N) is 1. The van der Waals surface area contributed by atoms with Crippen LogP contribution in [0.2, 0.25) is 0 Å². The zero-order valence-electron chi connectivity index (χ0n) is 17.3. The highest BCUT2D eigenvalue weighted by Gasteiger charge is 2.35. The Balaban J connectivity index is 1.31. The van der Waals surface area contributed by atoms with Gasteiger partial charge in [0, 0.05) is 11.1 Å². The number of piperidine rings is 1. The van der Waals surface area contributed by atoms with Gasteiger partial charge >= 0.3 is 0 Å². The molecule has 4 N–H and O–H groups in total. The van der Waals surface area contributed by atoms with Crippen molar-refractivity contribution in [3.05, 3.63) is 52.0 Å². The summed E-state index contributed by atoms with van der Waals surface area (Å²) in [6.07, 6.45) is 1.56. The molecule has 5 rings (SSSR count). The molecule has 2 aliphatic heterocycles. The van der Waals surface area contributed by atoms with E-state index in [9.17, 15) is 4.79 Å². The van der Waals surface area contributed by atoms with E-state index < -0.39 is 5.67 Å². The van der Waals surface area contributed by atoms with E-state index in [1.165, 1.54) is 11.3 Å². The molecule has 0 bridgehead atoms. The number of rotatable bonds is 3. The number of nitrogen functional groups attached to an aromatic ring is 1. The van der Waals surface area contributed by atoms with E-state index in [0.29, 0.717) is 60.8 Å². The van der Waals surface area contributed by atoms with Gasteiger partial charge in [0.2, 0.25) is 0 Å². The molecule has 3 aromatic rings. The average Bonchev–Trinajstić information content (AvgIpc) is 3.09. The molecule has 1 aromatic carbocycles. The van der Waals surface area contributed by atoms with Crippen LogP contribution in [0.4, 0.5) is 10.1 Å². The van der Waals surface area contributed by atoms with Crippen LogP contribution < -0.4 is 21.1 Å². The monoisotopic (exact) mass is 440 g/mol. The standard InChI is InChI=1S/C23H25FN4O2S/c1-13-2-5-17-19(25)20(31-22(17)27-13)21(29)28-16-10-14-3-4-15(11-18(14)30-12-16)23(24)6-8-26-9-7-23/h2-5,11,16,26H,6-10,12,25H2,1H3,(H,28,29). The van der Waals surface area contributed by atoms with E-state index >= 15 is 4.39 Å². The Labute approximate surface area is 184 Å².